The summed E-state index contributed by atoms with van der Waals surface area (Å²) in [4.78, 5) is 72.9. The van der Waals surface area contributed by atoms with E-state index in [2.05, 4.69) is 41.5 Å². The van der Waals surface area contributed by atoms with Crippen molar-refractivity contribution in [3.63, 3.8) is 0 Å². The molecule has 0 bridgehead atoms. The monoisotopic (exact) mass is 1480 g/mol. The van der Waals surface area contributed by atoms with Crippen LogP contribution in [0.25, 0.3) is 0 Å². The summed E-state index contributed by atoms with van der Waals surface area (Å²) in [7, 11) is -9.92. The van der Waals surface area contributed by atoms with E-state index in [1.165, 1.54) is 238 Å². The first kappa shape index (κ1) is 99.1. The molecule has 600 valence electrons. The third-order valence-corrected chi connectivity index (χ3v) is 21.5. The maximum absolute atomic E-state index is 13.1. The molecule has 0 spiro atoms. The number of unbranched alkanes of at least 4 members (excludes halogenated alkanes) is 50. The lowest BCUT2D eigenvalue weighted by Gasteiger charge is -2.21. The summed E-state index contributed by atoms with van der Waals surface area (Å²) in [5.74, 6) is -0.489. The SMILES string of the molecule is CCCCCCCCCCCCCCCCCCCCCC(=O)OC[C@H](COP(=O)(O)OC[C@@H](O)COP(=O)(O)OC[C@@H](COC(=O)CCCCCCCCC)OC(=O)CCCCCCCCCCCCC(C)CC)OC(=O)CCCCCCCCCCCCCCCCCCCCC(C)C. The first-order chi connectivity index (χ1) is 48.9. The molecule has 0 rings (SSSR count). The number of esters is 4. The lowest BCUT2D eigenvalue weighted by atomic mass is 9.99. The van der Waals surface area contributed by atoms with E-state index in [4.69, 9.17) is 37.0 Å². The molecule has 0 radical (unpaired) electrons. The van der Waals surface area contributed by atoms with Crippen molar-refractivity contribution in [3.05, 3.63) is 0 Å². The standard InChI is InChI=1S/C82H160O17P2/c1-7-10-12-14-16-17-18-19-20-21-22-26-29-32-35-41-47-53-59-65-80(85)93-71-78(99-81(86)66-60-54-48-42-36-33-30-27-24-23-25-28-31-34-39-45-50-56-62-74(4)5)73-97-101(90,91)95-69-76(83)68-94-100(88,89)96-72-77(70-92-79(84)64-58-52-44-15-13-11-8-2)98-82(87)67-61-55-49-43-38-37-40-46-51-57-63-75(6)9-3/h74-78,83H,7-73H2,1-6H3,(H,88,89)(H,90,91)/t75?,76-,77+,78+/m0/s1. The van der Waals surface area contributed by atoms with Gasteiger partial charge in [-0.1, -0.05) is 382 Å². The number of carbonyl (C=O) groups is 4. The Bertz CT molecular complexity index is 1940. The zero-order valence-electron chi connectivity index (χ0n) is 66.2. The Labute approximate surface area is 619 Å². The normalized spacial score (nSPS) is 14.2. The summed E-state index contributed by atoms with van der Waals surface area (Å²) in [5.41, 5.74) is 0. The maximum atomic E-state index is 13.1. The topological polar surface area (TPSA) is 237 Å². The molecular formula is C82H160O17P2. The third-order valence-electron chi connectivity index (χ3n) is 19.6. The molecule has 0 heterocycles. The van der Waals surface area contributed by atoms with Crippen LogP contribution >= 0.6 is 15.6 Å². The van der Waals surface area contributed by atoms with Gasteiger partial charge in [-0.25, -0.2) is 9.13 Å². The van der Waals surface area contributed by atoms with Crippen molar-refractivity contribution in [1.29, 1.82) is 0 Å². The van der Waals surface area contributed by atoms with Crippen LogP contribution in [0.15, 0.2) is 0 Å². The number of carbonyl (C=O) groups excluding carboxylic acids is 4. The summed E-state index contributed by atoms with van der Waals surface area (Å²) in [6, 6.07) is 0. The lowest BCUT2D eigenvalue weighted by molar-refractivity contribution is -0.161. The van der Waals surface area contributed by atoms with Crippen LogP contribution in [0.3, 0.4) is 0 Å². The van der Waals surface area contributed by atoms with Crippen LogP contribution < -0.4 is 0 Å². The Morgan fingerprint density at radius 1 is 0.287 bits per heavy atom. The highest BCUT2D eigenvalue weighted by molar-refractivity contribution is 7.47. The smallest absolute Gasteiger partial charge is 0.462 e. The van der Waals surface area contributed by atoms with Crippen LogP contribution in [-0.2, 0) is 65.4 Å². The highest BCUT2D eigenvalue weighted by Crippen LogP contribution is 2.45. The molecule has 0 saturated carbocycles. The molecule has 19 heteroatoms. The molecule has 3 unspecified atom stereocenters. The summed E-state index contributed by atoms with van der Waals surface area (Å²) in [5, 5.41) is 10.6. The van der Waals surface area contributed by atoms with E-state index >= 15 is 0 Å². The largest absolute Gasteiger partial charge is 0.472 e. The van der Waals surface area contributed by atoms with Gasteiger partial charge < -0.3 is 33.8 Å². The van der Waals surface area contributed by atoms with Crippen LogP contribution in [0.2, 0.25) is 0 Å². The summed E-state index contributed by atoms with van der Waals surface area (Å²) in [6.45, 7) is 9.66. The number of hydrogen-bond acceptors (Lipinski definition) is 15. The minimum atomic E-state index is -4.96. The molecule has 0 aliphatic heterocycles. The van der Waals surface area contributed by atoms with Gasteiger partial charge in [0.1, 0.15) is 19.3 Å². The molecule has 101 heavy (non-hydrogen) atoms. The Morgan fingerprint density at radius 3 is 0.752 bits per heavy atom. The fourth-order valence-electron chi connectivity index (χ4n) is 12.7. The van der Waals surface area contributed by atoms with Gasteiger partial charge in [-0.3, -0.25) is 37.3 Å². The molecule has 0 aromatic carbocycles. The van der Waals surface area contributed by atoms with Gasteiger partial charge in [0.2, 0.25) is 0 Å². The quantitative estimate of drug-likeness (QED) is 0.0222. The summed E-state index contributed by atoms with van der Waals surface area (Å²) < 4.78 is 68.6. The number of hydrogen-bond donors (Lipinski definition) is 3. The maximum Gasteiger partial charge on any atom is 0.472 e. The van der Waals surface area contributed by atoms with E-state index in [1.54, 1.807) is 0 Å². The van der Waals surface area contributed by atoms with Gasteiger partial charge in [-0.2, -0.15) is 0 Å². The molecule has 0 aliphatic carbocycles. The van der Waals surface area contributed by atoms with Crippen molar-refractivity contribution in [2.75, 3.05) is 39.6 Å². The first-order valence-corrected chi connectivity index (χ1v) is 45.5. The molecule has 3 N–H and O–H groups in total. The van der Waals surface area contributed by atoms with E-state index in [0.717, 1.165) is 115 Å². The predicted octanol–water partition coefficient (Wildman–Crippen LogP) is 24.7. The van der Waals surface area contributed by atoms with Crippen molar-refractivity contribution in [2.24, 2.45) is 11.8 Å². The average molecular weight is 1480 g/mol. The van der Waals surface area contributed by atoms with Gasteiger partial charge in [0.05, 0.1) is 26.4 Å². The number of phosphoric acid groups is 2. The number of rotatable bonds is 81. The minimum Gasteiger partial charge on any atom is -0.462 e. The van der Waals surface area contributed by atoms with Gasteiger partial charge >= 0.3 is 39.5 Å². The molecule has 0 aromatic rings. The van der Waals surface area contributed by atoms with E-state index in [-0.39, 0.29) is 25.7 Å². The second kappa shape index (κ2) is 73.6. The number of phosphoric ester groups is 2. The van der Waals surface area contributed by atoms with Crippen molar-refractivity contribution in [3.8, 4) is 0 Å². The van der Waals surface area contributed by atoms with Gasteiger partial charge in [0, 0.05) is 25.7 Å². The Kier molecular flexibility index (Phi) is 72.2. The van der Waals surface area contributed by atoms with Crippen LogP contribution in [-0.4, -0.2) is 96.7 Å². The summed E-state index contributed by atoms with van der Waals surface area (Å²) in [6.07, 6.45) is 64.0. The molecule has 0 aromatic heterocycles. The van der Waals surface area contributed by atoms with Crippen molar-refractivity contribution >= 4 is 39.5 Å². The van der Waals surface area contributed by atoms with Crippen LogP contribution in [0.1, 0.15) is 433 Å². The highest BCUT2D eigenvalue weighted by Gasteiger charge is 2.30. The Morgan fingerprint density at radius 2 is 0.505 bits per heavy atom. The first-order valence-electron chi connectivity index (χ1n) is 42.5. The van der Waals surface area contributed by atoms with Gasteiger partial charge in [0.15, 0.2) is 12.2 Å². The molecule has 0 amide bonds. The molecule has 0 saturated heterocycles. The van der Waals surface area contributed by atoms with Crippen LogP contribution in [0, 0.1) is 11.8 Å². The number of ether oxygens (including phenoxy) is 4. The average Bonchev–Trinajstić information content (AvgIpc) is 1.51. The van der Waals surface area contributed by atoms with Crippen LogP contribution in [0.5, 0.6) is 0 Å². The zero-order valence-corrected chi connectivity index (χ0v) is 68.0. The molecule has 17 nitrogen and oxygen atoms in total. The second-order valence-corrected chi connectivity index (χ2v) is 33.1. The molecule has 0 fully saturated rings. The van der Waals surface area contributed by atoms with Crippen molar-refractivity contribution in [2.45, 2.75) is 452 Å². The summed E-state index contributed by atoms with van der Waals surface area (Å²) >= 11 is 0. The molecular weight excluding hydrogens is 1320 g/mol. The number of aliphatic hydroxyl groups excluding tert-OH is 1. The van der Waals surface area contributed by atoms with Crippen molar-refractivity contribution in [1.82, 2.24) is 0 Å². The Hall–Kier alpha value is -1.94. The van der Waals surface area contributed by atoms with E-state index in [1.807, 2.05) is 0 Å². The van der Waals surface area contributed by atoms with E-state index < -0.39 is 97.5 Å². The fourth-order valence-corrected chi connectivity index (χ4v) is 14.3. The molecule has 0 aliphatic rings. The van der Waals surface area contributed by atoms with E-state index in [0.29, 0.717) is 25.7 Å². The van der Waals surface area contributed by atoms with Crippen molar-refractivity contribution < 1.29 is 80.2 Å². The van der Waals surface area contributed by atoms with Gasteiger partial charge in [0.25, 0.3) is 0 Å². The Balaban J connectivity index is 5.17. The van der Waals surface area contributed by atoms with Gasteiger partial charge in [-0.05, 0) is 37.5 Å². The fraction of sp³-hybridized carbons (Fsp3) is 0.951. The number of aliphatic hydroxyl groups is 1. The minimum absolute atomic E-state index is 0.106. The van der Waals surface area contributed by atoms with E-state index in [9.17, 15) is 43.2 Å². The predicted molar refractivity (Wildman–Crippen MR) is 414 cm³/mol. The highest BCUT2D eigenvalue weighted by atomic mass is 31.2. The van der Waals surface area contributed by atoms with Gasteiger partial charge in [-0.15, -0.1) is 0 Å². The van der Waals surface area contributed by atoms with Crippen LogP contribution in [0.4, 0.5) is 0 Å². The zero-order chi connectivity index (χ0) is 74.2. The molecule has 6 atom stereocenters. The lowest BCUT2D eigenvalue weighted by Crippen LogP contribution is -2.30. The third kappa shape index (κ3) is 74.7. The second-order valence-electron chi connectivity index (χ2n) is 30.2.